The lowest BCUT2D eigenvalue weighted by atomic mass is 10.00. The van der Waals surface area contributed by atoms with Crippen molar-refractivity contribution in [1.29, 1.82) is 0 Å². The number of likely N-dealkylation sites (tertiary alicyclic amines) is 4. The van der Waals surface area contributed by atoms with E-state index in [1.807, 2.05) is 0 Å². The van der Waals surface area contributed by atoms with E-state index in [1.54, 1.807) is 78.1 Å². The first-order chi connectivity index (χ1) is 65.4. The number of aliphatic hydroxyl groups excluding tert-OH is 1. The average Bonchev–Trinajstić information content (AvgIpc) is 1.67. The largest absolute Gasteiger partial charge is 0.481 e. The molecular formula is C89H145N23O23S3. The van der Waals surface area contributed by atoms with Gasteiger partial charge in [0.2, 0.25) is 106 Å². The van der Waals surface area contributed by atoms with Gasteiger partial charge in [-0.3, -0.25) is 101 Å². The molecule has 4 heterocycles. The summed E-state index contributed by atoms with van der Waals surface area (Å²) < 4.78 is 0. The topological polar surface area (TPSA) is 714 Å². The number of unbranched alkanes of at least 4 members (excludes halogenated alkanes) is 2. The second-order valence-corrected chi connectivity index (χ2v) is 37.9. The summed E-state index contributed by atoms with van der Waals surface area (Å²) in [4.78, 5) is 288. The lowest BCUT2D eigenvalue weighted by molar-refractivity contribution is -0.148. The van der Waals surface area contributed by atoms with Crippen LogP contribution in [0.25, 0.3) is 0 Å². The van der Waals surface area contributed by atoms with Crippen molar-refractivity contribution in [3.8, 4) is 0 Å². The van der Waals surface area contributed by atoms with Gasteiger partial charge >= 0.3 is 11.9 Å². The fourth-order valence-corrected chi connectivity index (χ4v) is 17.7. The number of hydrogen-bond donors (Lipinski definition) is 23. The Balaban J connectivity index is 1.31. The molecule has 0 radical (unpaired) electrons. The van der Waals surface area contributed by atoms with Crippen LogP contribution in [0.1, 0.15) is 195 Å². The third-order valence-electron chi connectivity index (χ3n) is 23.9. The Kier molecular flexibility index (Phi) is 51.0. The number of carbonyl (C=O) groups is 20. The zero-order chi connectivity index (χ0) is 103. The lowest BCUT2D eigenvalue weighted by Gasteiger charge is -2.33. The fourth-order valence-electron chi connectivity index (χ4n) is 16.7. The monoisotopic (exact) mass is 2000 g/mol. The van der Waals surface area contributed by atoms with Crippen molar-refractivity contribution in [2.75, 3.05) is 75.9 Å². The molecule has 4 aliphatic rings. The van der Waals surface area contributed by atoms with Gasteiger partial charge in [-0.1, -0.05) is 71.9 Å². The number of aliphatic imine (C=N–C) groups is 1. The Morgan fingerprint density at radius 1 is 0.428 bits per heavy atom. The van der Waals surface area contributed by atoms with Crippen LogP contribution < -0.4 is 97.8 Å². The van der Waals surface area contributed by atoms with Crippen LogP contribution in [0.3, 0.4) is 0 Å². The van der Waals surface area contributed by atoms with Gasteiger partial charge in [-0.15, -0.1) is 0 Å². The minimum Gasteiger partial charge on any atom is -0.481 e. The van der Waals surface area contributed by atoms with Crippen molar-refractivity contribution in [3.05, 3.63) is 35.9 Å². The Hall–Kier alpha value is -11.2. The molecule has 49 heteroatoms. The molecule has 4 fully saturated rings. The molecule has 18 amide bonds. The highest BCUT2D eigenvalue weighted by Crippen LogP contribution is 2.29. The molecule has 0 spiro atoms. The summed E-state index contributed by atoms with van der Waals surface area (Å²) >= 11 is 10.1. The predicted molar refractivity (Wildman–Crippen MR) is 515 cm³/mol. The number of benzene rings is 1. The van der Waals surface area contributed by atoms with Gasteiger partial charge in [-0.05, 0) is 177 Å². The third kappa shape index (κ3) is 37.9. The quantitative estimate of drug-likeness (QED) is 0.0126. The molecule has 0 aromatic heterocycles. The highest BCUT2D eigenvalue weighted by Gasteiger charge is 2.48. The van der Waals surface area contributed by atoms with Gasteiger partial charge in [0.15, 0.2) is 5.96 Å². The van der Waals surface area contributed by atoms with Gasteiger partial charge in [0.05, 0.1) is 13.0 Å². The van der Waals surface area contributed by atoms with Crippen molar-refractivity contribution in [3.63, 3.8) is 0 Å². The number of carboxylic acids is 2. The molecule has 26 N–H and O–H groups in total. The van der Waals surface area contributed by atoms with E-state index in [0.29, 0.717) is 49.8 Å². The molecule has 0 saturated carbocycles. The van der Waals surface area contributed by atoms with Crippen LogP contribution in [-0.4, -0.2) is 338 Å². The van der Waals surface area contributed by atoms with Crippen LogP contribution in [0.4, 0.5) is 0 Å². The van der Waals surface area contributed by atoms with E-state index >= 15 is 4.79 Å². The zero-order valence-corrected chi connectivity index (χ0v) is 82.5. The number of hydrogen-bond acceptors (Lipinski definition) is 27. The van der Waals surface area contributed by atoms with Gasteiger partial charge in [-0.2, -0.15) is 37.0 Å². The number of aliphatic carboxylic acids is 2. The molecule has 4 aliphatic heterocycles. The molecule has 138 heavy (non-hydrogen) atoms. The van der Waals surface area contributed by atoms with Gasteiger partial charge in [0.25, 0.3) is 0 Å². The van der Waals surface area contributed by atoms with Crippen molar-refractivity contribution < 1.29 is 111 Å². The number of nitrogens with zero attached hydrogens (tertiary/aromatic N) is 5. The second-order valence-electron chi connectivity index (χ2n) is 36.1. The molecule has 1 aromatic carbocycles. The highest BCUT2D eigenvalue weighted by molar-refractivity contribution is 7.98. The average molecular weight is 2000 g/mol. The highest BCUT2D eigenvalue weighted by atomic mass is 32.2. The van der Waals surface area contributed by atoms with Crippen LogP contribution >= 0.6 is 37.0 Å². The number of carboxylic acid groups (broad SMARTS) is 2. The van der Waals surface area contributed by atoms with Gasteiger partial charge in [0, 0.05) is 64.0 Å². The predicted octanol–water partition coefficient (Wildman–Crippen LogP) is -4.99. The number of nitrogens with two attached hydrogens (primary N) is 5. The molecule has 0 bridgehead atoms. The summed E-state index contributed by atoms with van der Waals surface area (Å²) in [6.45, 7) is 11.3. The van der Waals surface area contributed by atoms with Gasteiger partial charge in [-0.25, -0.2) is 0 Å². The summed E-state index contributed by atoms with van der Waals surface area (Å²) in [6.07, 6.45) is 2.71. The number of amides is 18. The Morgan fingerprint density at radius 2 is 0.812 bits per heavy atom. The Bertz CT molecular complexity index is 4370. The number of carbonyl (C=O) groups excluding carboxylic acids is 18. The molecule has 4 saturated heterocycles. The molecule has 5 rings (SSSR count). The molecule has 772 valence electrons. The van der Waals surface area contributed by atoms with Crippen molar-refractivity contribution in [2.24, 2.45) is 51.4 Å². The first-order valence-electron chi connectivity index (χ1n) is 47.1. The molecular weight excluding hydrogens is 1860 g/mol. The van der Waals surface area contributed by atoms with Crippen LogP contribution in [-0.2, 0) is 102 Å². The number of guanidine groups is 1. The summed E-state index contributed by atoms with van der Waals surface area (Å²) in [5.41, 5.74) is 28.9. The number of aliphatic hydroxyl groups is 1. The van der Waals surface area contributed by atoms with Gasteiger partial charge < -0.3 is 133 Å². The fraction of sp³-hybridized carbons (Fsp3) is 0.697. The number of rotatable bonds is 60. The summed E-state index contributed by atoms with van der Waals surface area (Å²) in [5.74, 6) is -19.5. The van der Waals surface area contributed by atoms with Crippen LogP contribution in [0.15, 0.2) is 35.3 Å². The maximum absolute atomic E-state index is 15.0. The third-order valence-corrected chi connectivity index (χ3v) is 25.3. The molecule has 0 aliphatic carbocycles. The standard InChI is InChI=1S/C89H145N23O23S3/c1-48(2)41-58(102-81(128)64(47-137)107-75(122)56(32-40-138-8)100-83(130)67-28-19-38-111(67)88(135)71(50(5)6)96-51(7)114)76(123)99-55(25-16-35-95-89(93)94)73(120)98-54(23-12-14-33-90)74(121)105-61(42-49(3)4)86(133)109-36-17-26-65(109)84(131)104-60(44-70(117)118)78(125)106-62(45-113)79(126)103-59(43-52-21-10-9-11-22-52)77(124)108-63(46-136)80(127)101-57(24-13-15-34-91)85(132)112-39-20-29-68(112)87(134)110-37-18-27-66(110)82(129)97-53(72(92)119)30-31-69(115)116/h9-11,21-22,48-50,53-68,71,113,136-137H,12-20,23-47,90-91H2,1-8H3,(H2,92,119)(H,96,114)(H,97,129)(H,98,120)(H,99,123)(H,100,130)(H,101,127)(H,102,128)(H,103,126)(H,104,131)(H,105,121)(H,106,125)(H,107,122)(H,108,124)(H,115,116)(H,117,118)(H4,93,94,95)/t53-,54-,55-,56-,57-,58-,59-,60-,61-,62-,63-,64-,65-,66-,67-,68-,71-/m0/s1. The van der Waals surface area contributed by atoms with E-state index in [9.17, 15) is 106 Å². The van der Waals surface area contributed by atoms with Crippen molar-refractivity contribution in [2.45, 2.75) is 299 Å². The normalized spacial score (nSPS) is 18.6. The number of thioether (sulfide) groups is 1. The van der Waals surface area contributed by atoms with E-state index in [4.69, 9.17) is 28.7 Å². The van der Waals surface area contributed by atoms with E-state index in [-0.39, 0.29) is 172 Å². The minimum atomic E-state index is -2.01. The molecule has 0 unspecified atom stereocenters. The van der Waals surface area contributed by atoms with E-state index in [0.717, 1.165) is 4.90 Å². The Morgan fingerprint density at radius 3 is 1.28 bits per heavy atom. The summed E-state index contributed by atoms with van der Waals surface area (Å²) in [5, 5.41) is 63.9. The van der Waals surface area contributed by atoms with Crippen LogP contribution in [0.5, 0.6) is 0 Å². The van der Waals surface area contributed by atoms with Gasteiger partial charge in [0.1, 0.15) is 103 Å². The summed E-state index contributed by atoms with van der Waals surface area (Å²) in [6, 6.07) is -15.5. The van der Waals surface area contributed by atoms with E-state index < -0.39 is 246 Å². The molecule has 17 atom stereocenters. The first-order valence-corrected chi connectivity index (χ1v) is 49.8. The summed E-state index contributed by atoms with van der Waals surface area (Å²) in [7, 11) is 0. The number of thiol groups is 2. The maximum Gasteiger partial charge on any atom is 0.305 e. The van der Waals surface area contributed by atoms with E-state index in [2.05, 4.69) is 99.4 Å². The minimum absolute atomic E-state index is 0.00339. The zero-order valence-electron chi connectivity index (χ0n) is 79.9. The molecule has 46 nitrogen and oxygen atoms in total. The lowest BCUT2D eigenvalue weighted by Crippen LogP contribution is -2.61. The van der Waals surface area contributed by atoms with Crippen LogP contribution in [0.2, 0.25) is 0 Å². The van der Waals surface area contributed by atoms with Crippen molar-refractivity contribution in [1.82, 2.24) is 88.7 Å². The molecule has 1 aromatic rings. The van der Waals surface area contributed by atoms with Crippen molar-refractivity contribution >= 4 is 161 Å². The maximum atomic E-state index is 15.0. The van der Waals surface area contributed by atoms with Crippen LogP contribution in [0, 0.1) is 17.8 Å². The number of primary amides is 1. The van der Waals surface area contributed by atoms with E-state index in [1.165, 1.54) is 33.4 Å². The SMILES string of the molecule is CSCC[C@H](NC(=O)[C@@H]1CCCN1C(=O)[C@@H](NC(C)=O)C(C)C)C(=O)N[C@@H](CS)C(=O)N[C@@H](CC(C)C)C(=O)N[C@@H](CCCN=C(N)N)C(=O)N[C@@H](CCCCN)C(=O)N[C@@H](CC(C)C)C(=O)N1CCC[C@H]1C(=O)N[C@@H](CC(=O)O)C(=O)N[C@@H](CO)C(=O)N[C@@H](Cc1ccccc1)C(=O)N[C@@H](CS)C(=O)N[C@@H](CCCCN)C(=O)N1CCC[C@H]1C(=O)N1CCC[C@H]1C(=O)N[C@@H](CCC(=O)O)C(N)=O. The second kappa shape index (κ2) is 60.0. The smallest absolute Gasteiger partial charge is 0.305 e. The Labute approximate surface area is 819 Å². The number of nitrogens with one attached hydrogen (secondary N) is 13. The first kappa shape index (κ1) is 117.